The largest absolute Gasteiger partial charge is 0.456 e. The fourth-order valence-corrected chi connectivity index (χ4v) is 9.28. The first-order valence-corrected chi connectivity index (χ1v) is 20.7. The molecule has 0 saturated carbocycles. The van der Waals surface area contributed by atoms with Gasteiger partial charge in [0.05, 0.1) is 16.8 Å². The molecule has 0 aliphatic heterocycles. The molecule has 2 aromatic heterocycles. The van der Waals surface area contributed by atoms with E-state index in [4.69, 9.17) is 8.83 Å². The minimum absolute atomic E-state index is 0.844. The van der Waals surface area contributed by atoms with Crippen molar-refractivity contribution in [3.8, 4) is 44.5 Å². The van der Waals surface area contributed by atoms with Gasteiger partial charge in [-0.1, -0.05) is 170 Å². The number of para-hydroxylation sites is 2. The van der Waals surface area contributed by atoms with Gasteiger partial charge < -0.3 is 13.7 Å². The van der Waals surface area contributed by atoms with Crippen molar-refractivity contribution in [3.63, 3.8) is 0 Å². The fraction of sp³-hybridized carbons (Fsp3) is 0. The van der Waals surface area contributed by atoms with E-state index in [0.717, 1.165) is 88.4 Å². The second-order valence-electron chi connectivity index (χ2n) is 15.6. The summed E-state index contributed by atoms with van der Waals surface area (Å²) in [7, 11) is 0. The lowest BCUT2D eigenvalue weighted by Gasteiger charge is -2.29. The molecule has 2 heterocycles. The summed E-state index contributed by atoms with van der Waals surface area (Å²) >= 11 is 0. The summed E-state index contributed by atoms with van der Waals surface area (Å²) in [6.45, 7) is 0. The van der Waals surface area contributed by atoms with Gasteiger partial charge in [-0.15, -0.1) is 0 Å². The third kappa shape index (κ3) is 5.82. The molecule has 12 rings (SSSR count). The molecule has 0 unspecified atom stereocenters. The zero-order valence-corrected chi connectivity index (χ0v) is 33.1. The fourth-order valence-electron chi connectivity index (χ4n) is 9.28. The molecule has 0 radical (unpaired) electrons. The zero-order chi connectivity index (χ0) is 40.3. The highest BCUT2D eigenvalue weighted by Gasteiger charge is 2.24. The summed E-state index contributed by atoms with van der Waals surface area (Å²) in [6.07, 6.45) is 0. The zero-order valence-electron chi connectivity index (χ0n) is 33.1. The van der Waals surface area contributed by atoms with Crippen LogP contribution in [0.3, 0.4) is 0 Å². The van der Waals surface area contributed by atoms with Crippen LogP contribution >= 0.6 is 0 Å². The molecule has 10 aromatic carbocycles. The first-order valence-electron chi connectivity index (χ1n) is 20.7. The summed E-state index contributed by atoms with van der Waals surface area (Å²) in [5.41, 5.74) is 15.9. The van der Waals surface area contributed by atoms with Gasteiger partial charge in [0, 0.05) is 32.8 Å². The summed E-state index contributed by atoms with van der Waals surface area (Å²) in [4.78, 5) is 2.41. The Labute approximate surface area is 353 Å². The van der Waals surface area contributed by atoms with E-state index in [0.29, 0.717) is 0 Å². The smallest absolute Gasteiger partial charge is 0.143 e. The van der Waals surface area contributed by atoms with Gasteiger partial charge in [0.25, 0.3) is 0 Å². The summed E-state index contributed by atoms with van der Waals surface area (Å²) in [6, 6.07) is 79.9. The van der Waals surface area contributed by atoms with Gasteiger partial charge in [-0.05, 0) is 98.9 Å². The second-order valence-corrected chi connectivity index (χ2v) is 15.6. The van der Waals surface area contributed by atoms with E-state index in [1.807, 2.05) is 12.1 Å². The number of furan rings is 2. The molecule has 0 aliphatic carbocycles. The topological polar surface area (TPSA) is 29.5 Å². The maximum atomic E-state index is 6.77. The van der Waals surface area contributed by atoms with Crippen LogP contribution in [0.15, 0.2) is 233 Å². The molecule has 3 heteroatoms. The molecule has 0 amide bonds. The SMILES string of the molecule is c1ccc(-c2ccc(-c3ccc(N(c4ccccc4-c4cccc5oc6ccccc6c45)c4cccc5oc6c7ccccc7ccc6c45)cc3)c(-c3ccccc3)c2)cc1. The van der Waals surface area contributed by atoms with Crippen LogP contribution in [0.5, 0.6) is 0 Å². The Hall–Kier alpha value is -8.14. The van der Waals surface area contributed by atoms with Crippen molar-refractivity contribution in [3.05, 3.63) is 224 Å². The lowest BCUT2D eigenvalue weighted by molar-refractivity contribution is 0.669. The number of rotatable bonds is 7. The Morgan fingerprint density at radius 1 is 0.295 bits per heavy atom. The van der Waals surface area contributed by atoms with E-state index >= 15 is 0 Å². The van der Waals surface area contributed by atoms with Crippen LogP contribution in [-0.2, 0) is 0 Å². The molecular formula is C58H37NO2. The molecular weight excluding hydrogens is 743 g/mol. The first kappa shape index (κ1) is 34.9. The van der Waals surface area contributed by atoms with Crippen molar-refractivity contribution in [1.29, 1.82) is 0 Å². The van der Waals surface area contributed by atoms with Crippen molar-refractivity contribution in [1.82, 2.24) is 0 Å². The number of hydrogen-bond donors (Lipinski definition) is 0. The standard InChI is InChI=1S/C58H37NO2/c1-3-15-38(16-4-1)42-32-35-44(50(37-42)39-17-5-2-6-18-39)41-29-33-43(34-30-41)59(52-25-14-28-55-57(52)49-36-31-40-19-7-8-20-45(40)58(49)61-55)51-24-11-9-21-46(51)47-23-13-27-54-56(47)48-22-10-12-26-53(48)60-54/h1-37H. The Morgan fingerprint density at radius 3 is 1.74 bits per heavy atom. The molecule has 0 saturated heterocycles. The van der Waals surface area contributed by atoms with E-state index in [1.54, 1.807) is 0 Å². The molecule has 3 nitrogen and oxygen atoms in total. The highest BCUT2D eigenvalue weighted by atomic mass is 16.3. The molecule has 0 aliphatic rings. The lowest BCUT2D eigenvalue weighted by Crippen LogP contribution is -2.11. The van der Waals surface area contributed by atoms with Crippen molar-refractivity contribution in [2.45, 2.75) is 0 Å². The Morgan fingerprint density at radius 2 is 0.902 bits per heavy atom. The van der Waals surface area contributed by atoms with E-state index in [2.05, 4.69) is 217 Å². The average Bonchev–Trinajstić information content (AvgIpc) is 3.92. The van der Waals surface area contributed by atoms with Crippen molar-refractivity contribution in [2.24, 2.45) is 0 Å². The summed E-state index contributed by atoms with van der Waals surface area (Å²) in [5, 5.41) is 6.60. The average molecular weight is 780 g/mol. The van der Waals surface area contributed by atoms with Gasteiger partial charge in [0.15, 0.2) is 0 Å². The van der Waals surface area contributed by atoms with Crippen LogP contribution in [-0.4, -0.2) is 0 Å². The monoisotopic (exact) mass is 779 g/mol. The Bertz CT molecular complexity index is 3580. The predicted molar refractivity (Wildman–Crippen MR) is 255 cm³/mol. The van der Waals surface area contributed by atoms with E-state index < -0.39 is 0 Å². The van der Waals surface area contributed by atoms with Gasteiger partial charge >= 0.3 is 0 Å². The van der Waals surface area contributed by atoms with Gasteiger partial charge in [0.2, 0.25) is 0 Å². The molecule has 0 spiro atoms. The minimum atomic E-state index is 0.844. The van der Waals surface area contributed by atoms with Gasteiger partial charge in [-0.2, -0.15) is 0 Å². The normalized spacial score (nSPS) is 11.6. The minimum Gasteiger partial charge on any atom is -0.456 e. The van der Waals surface area contributed by atoms with Crippen molar-refractivity contribution in [2.75, 3.05) is 4.90 Å². The number of benzene rings is 10. The van der Waals surface area contributed by atoms with Crippen LogP contribution in [0, 0.1) is 0 Å². The highest BCUT2D eigenvalue weighted by Crippen LogP contribution is 2.49. The van der Waals surface area contributed by atoms with Gasteiger partial charge in [-0.25, -0.2) is 0 Å². The number of nitrogens with zero attached hydrogens (tertiary/aromatic N) is 1. The molecule has 12 aromatic rings. The summed E-state index contributed by atoms with van der Waals surface area (Å²) in [5.74, 6) is 0. The molecule has 0 N–H and O–H groups in total. The molecule has 0 fully saturated rings. The molecule has 286 valence electrons. The number of fused-ring (bicyclic) bond motifs is 8. The molecule has 0 atom stereocenters. The molecule has 0 bridgehead atoms. The van der Waals surface area contributed by atoms with Crippen LogP contribution in [0.25, 0.3) is 99.2 Å². The van der Waals surface area contributed by atoms with Crippen molar-refractivity contribution >= 4 is 71.7 Å². The Kier molecular flexibility index (Phi) is 8.17. The van der Waals surface area contributed by atoms with Gasteiger partial charge in [0.1, 0.15) is 22.3 Å². The van der Waals surface area contributed by atoms with Crippen LogP contribution < -0.4 is 4.90 Å². The van der Waals surface area contributed by atoms with Crippen LogP contribution in [0.1, 0.15) is 0 Å². The van der Waals surface area contributed by atoms with E-state index in [1.165, 1.54) is 27.8 Å². The number of anilines is 3. The van der Waals surface area contributed by atoms with Gasteiger partial charge in [-0.3, -0.25) is 0 Å². The van der Waals surface area contributed by atoms with Crippen molar-refractivity contribution < 1.29 is 8.83 Å². The predicted octanol–water partition coefficient (Wildman–Crippen LogP) is 16.8. The van der Waals surface area contributed by atoms with E-state index in [9.17, 15) is 0 Å². The lowest BCUT2D eigenvalue weighted by atomic mass is 9.91. The second kappa shape index (κ2) is 14.3. The quantitative estimate of drug-likeness (QED) is 0.161. The number of hydrogen-bond acceptors (Lipinski definition) is 3. The van der Waals surface area contributed by atoms with Crippen LogP contribution in [0.4, 0.5) is 17.1 Å². The van der Waals surface area contributed by atoms with E-state index in [-0.39, 0.29) is 0 Å². The van der Waals surface area contributed by atoms with Crippen LogP contribution in [0.2, 0.25) is 0 Å². The molecule has 61 heavy (non-hydrogen) atoms. The summed E-state index contributed by atoms with van der Waals surface area (Å²) < 4.78 is 13.2. The third-order valence-electron chi connectivity index (χ3n) is 12.1. The third-order valence-corrected chi connectivity index (χ3v) is 12.1. The maximum absolute atomic E-state index is 6.77. The Balaban J connectivity index is 1.08. The highest BCUT2D eigenvalue weighted by molar-refractivity contribution is 6.20. The first-order chi connectivity index (χ1) is 30.3. The maximum Gasteiger partial charge on any atom is 0.143 e.